The van der Waals surface area contributed by atoms with Crippen LogP contribution in [0, 0.1) is 13.8 Å². The van der Waals surface area contributed by atoms with Crippen molar-refractivity contribution in [3.8, 4) is 5.75 Å². The molecule has 54 valence electrons. The third-order valence-corrected chi connectivity index (χ3v) is 1.29. The molecule has 1 aromatic rings. The van der Waals surface area contributed by atoms with Crippen LogP contribution in [0.15, 0.2) is 24.3 Å². The van der Waals surface area contributed by atoms with E-state index in [0.717, 1.165) is 5.75 Å². The molecule has 0 N–H and O–H groups in total. The topological polar surface area (TPSA) is 9.23 Å². The normalized spacial score (nSPS) is 8.55. The van der Waals surface area contributed by atoms with Gasteiger partial charge in [-0.2, -0.15) is 0 Å². The summed E-state index contributed by atoms with van der Waals surface area (Å²) in [5, 5.41) is 0. The third kappa shape index (κ3) is 3.88. The van der Waals surface area contributed by atoms with Crippen LogP contribution in [0.2, 0.25) is 0 Å². The average molecular weight is 224 g/mol. The van der Waals surface area contributed by atoms with Crippen molar-refractivity contribution in [3.05, 3.63) is 36.8 Å². The van der Waals surface area contributed by atoms with E-state index in [4.69, 9.17) is 4.74 Å². The number of benzene rings is 1. The quantitative estimate of drug-likeness (QED) is 0.700. The maximum Gasteiger partial charge on any atom is 3.00 e. The Labute approximate surface area is 93.0 Å². The van der Waals surface area contributed by atoms with Crippen LogP contribution in [0.25, 0.3) is 0 Å². The van der Waals surface area contributed by atoms with Gasteiger partial charge in [0, 0.05) is 0 Å². The summed E-state index contributed by atoms with van der Waals surface area (Å²) >= 11 is 0. The Morgan fingerprint density at radius 1 is 1.27 bits per heavy atom. The summed E-state index contributed by atoms with van der Waals surface area (Å²) in [5.41, 5.74) is 1.25. The molecule has 0 bridgehead atoms. The molecule has 0 spiro atoms. The predicted molar refractivity (Wildman–Crippen MR) is 42.0 cm³/mol. The maximum atomic E-state index is 5.15. The summed E-state index contributed by atoms with van der Waals surface area (Å²) in [4.78, 5) is 0. The van der Waals surface area contributed by atoms with Crippen molar-refractivity contribution in [1.29, 1.82) is 0 Å². The first-order valence-electron chi connectivity index (χ1n) is 3.31. The fourth-order valence-electron chi connectivity index (χ4n) is 0.752. The molecule has 0 radical (unpaired) electrons. The van der Waals surface area contributed by atoms with Crippen LogP contribution in [-0.2, 0) is 32.7 Å². The van der Waals surface area contributed by atoms with Crippen LogP contribution in [0.3, 0.4) is 0 Å². The molecule has 0 aliphatic carbocycles. The Morgan fingerprint density at radius 2 is 1.82 bits per heavy atom. The molecule has 0 aromatic heterocycles. The largest absolute Gasteiger partial charge is 3.00 e. The zero-order valence-electron chi connectivity index (χ0n) is 6.71. The van der Waals surface area contributed by atoms with E-state index in [1.165, 1.54) is 5.56 Å². The second-order valence-electron chi connectivity index (χ2n) is 2.16. The second-order valence-corrected chi connectivity index (χ2v) is 2.16. The predicted octanol–water partition coefficient (Wildman–Crippen LogP) is 2.21. The average Bonchev–Trinajstić information content (AvgIpc) is 1.95. The Kier molecular flexibility index (Phi) is 5.80. The van der Waals surface area contributed by atoms with Crippen LogP contribution in [-0.4, -0.2) is 6.61 Å². The van der Waals surface area contributed by atoms with Gasteiger partial charge in [-0.15, -0.1) is 0 Å². The van der Waals surface area contributed by atoms with Gasteiger partial charge < -0.3 is 11.7 Å². The minimum atomic E-state index is 0. The van der Waals surface area contributed by atoms with Gasteiger partial charge >= 0.3 is 32.7 Å². The van der Waals surface area contributed by atoms with Gasteiger partial charge in [0.1, 0.15) is 5.75 Å². The van der Waals surface area contributed by atoms with Crippen LogP contribution >= 0.6 is 0 Å². The molecule has 0 aliphatic heterocycles. The van der Waals surface area contributed by atoms with E-state index in [9.17, 15) is 0 Å². The van der Waals surface area contributed by atoms with Crippen LogP contribution < -0.4 is 4.74 Å². The van der Waals surface area contributed by atoms with Crippen molar-refractivity contribution < 1.29 is 37.4 Å². The van der Waals surface area contributed by atoms with Gasteiger partial charge in [0.25, 0.3) is 0 Å². The van der Waals surface area contributed by atoms with E-state index in [0.29, 0.717) is 6.61 Å². The van der Waals surface area contributed by atoms with Gasteiger partial charge in [-0.05, 0) is 25.7 Å². The first-order valence-corrected chi connectivity index (χ1v) is 3.31. The standard InChI is InChI=1S/C9H11O.Y/c1-3-10-9-6-4-8(2)5-7-9;/h4-7H,1,3H2,2H3;/q-1;+3. The summed E-state index contributed by atoms with van der Waals surface area (Å²) in [6, 6.07) is 7.93. The molecule has 1 rings (SSSR count). The number of hydrogen-bond donors (Lipinski definition) is 0. The van der Waals surface area contributed by atoms with Crippen molar-refractivity contribution in [1.82, 2.24) is 0 Å². The molecule has 0 saturated heterocycles. The van der Waals surface area contributed by atoms with Crippen LogP contribution in [0.1, 0.15) is 5.56 Å². The molecule has 1 aromatic carbocycles. The minimum absolute atomic E-state index is 0. The molecule has 0 amide bonds. The summed E-state index contributed by atoms with van der Waals surface area (Å²) in [7, 11) is 0. The molecule has 2 heteroatoms. The summed E-state index contributed by atoms with van der Waals surface area (Å²) in [5.74, 6) is 0.889. The minimum Gasteiger partial charge on any atom is -0.525 e. The molecular formula is C9H11OY+2. The number of hydrogen-bond acceptors (Lipinski definition) is 1. The molecule has 0 heterocycles. The first kappa shape index (κ1) is 11.1. The molecule has 0 atom stereocenters. The smallest absolute Gasteiger partial charge is 0.525 e. The molecular weight excluding hydrogens is 213 g/mol. The number of ether oxygens (including phenoxy) is 1. The number of rotatable bonds is 2. The van der Waals surface area contributed by atoms with Crippen molar-refractivity contribution in [2.75, 3.05) is 6.61 Å². The van der Waals surface area contributed by atoms with E-state index in [1.807, 2.05) is 31.2 Å². The van der Waals surface area contributed by atoms with Gasteiger partial charge in [0.05, 0.1) is 0 Å². The maximum absolute atomic E-state index is 5.15. The summed E-state index contributed by atoms with van der Waals surface area (Å²) < 4.78 is 5.15. The summed E-state index contributed by atoms with van der Waals surface area (Å²) in [6.07, 6.45) is 0. The summed E-state index contributed by atoms with van der Waals surface area (Å²) in [6.45, 7) is 6.12. The molecule has 11 heavy (non-hydrogen) atoms. The van der Waals surface area contributed by atoms with E-state index in [2.05, 4.69) is 6.92 Å². The molecule has 1 nitrogen and oxygen atoms in total. The molecule has 0 unspecified atom stereocenters. The van der Waals surface area contributed by atoms with Crippen molar-refractivity contribution in [3.63, 3.8) is 0 Å². The fourth-order valence-corrected chi connectivity index (χ4v) is 0.752. The van der Waals surface area contributed by atoms with E-state index in [1.54, 1.807) is 0 Å². The fraction of sp³-hybridized carbons (Fsp3) is 0.222. The third-order valence-electron chi connectivity index (χ3n) is 1.29. The van der Waals surface area contributed by atoms with Crippen molar-refractivity contribution in [2.24, 2.45) is 0 Å². The second kappa shape index (κ2) is 5.73. The SMILES string of the molecule is [CH2-]COc1ccc(C)cc1.[Y+3]. The van der Waals surface area contributed by atoms with Crippen LogP contribution in [0.5, 0.6) is 5.75 Å². The molecule has 0 aliphatic rings. The Hall–Kier alpha value is 0.124. The first-order chi connectivity index (χ1) is 4.83. The zero-order valence-corrected chi connectivity index (χ0v) is 9.55. The van der Waals surface area contributed by atoms with Gasteiger partial charge in [-0.1, -0.05) is 17.7 Å². The van der Waals surface area contributed by atoms with E-state index >= 15 is 0 Å². The van der Waals surface area contributed by atoms with Gasteiger partial charge in [0.2, 0.25) is 0 Å². The van der Waals surface area contributed by atoms with E-state index in [-0.39, 0.29) is 32.7 Å². The zero-order chi connectivity index (χ0) is 7.40. The van der Waals surface area contributed by atoms with Gasteiger partial charge in [-0.3, -0.25) is 0 Å². The Bertz CT molecular complexity index is 193. The number of aryl methyl sites for hydroxylation is 1. The molecule has 0 saturated carbocycles. The molecule has 0 fully saturated rings. The van der Waals surface area contributed by atoms with E-state index < -0.39 is 0 Å². The Balaban J connectivity index is 0.000001000. The Morgan fingerprint density at radius 3 is 2.27 bits per heavy atom. The van der Waals surface area contributed by atoms with Gasteiger partial charge in [0.15, 0.2) is 0 Å². The van der Waals surface area contributed by atoms with Gasteiger partial charge in [-0.25, -0.2) is 0 Å². The van der Waals surface area contributed by atoms with Crippen molar-refractivity contribution >= 4 is 0 Å². The monoisotopic (exact) mass is 224 g/mol. The van der Waals surface area contributed by atoms with Crippen LogP contribution in [0.4, 0.5) is 0 Å². The van der Waals surface area contributed by atoms with Crippen molar-refractivity contribution in [2.45, 2.75) is 6.92 Å².